The molecule has 1 saturated heterocycles. The summed E-state index contributed by atoms with van der Waals surface area (Å²) in [6.45, 7) is 3.59. The van der Waals surface area contributed by atoms with Crippen molar-refractivity contribution < 1.29 is 9.32 Å². The number of rotatable bonds is 4. The summed E-state index contributed by atoms with van der Waals surface area (Å²) in [7, 11) is 0. The molecule has 3 aromatic heterocycles. The van der Waals surface area contributed by atoms with E-state index in [1.54, 1.807) is 6.20 Å². The molecule has 1 aliphatic heterocycles. The highest BCUT2D eigenvalue weighted by molar-refractivity contribution is 5.91. The molecule has 4 heterocycles. The molecule has 1 amide bonds. The molecule has 0 unspecified atom stereocenters. The van der Waals surface area contributed by atoms with Gasteiger partial charge in [-0.05, 0) is 37.1 Å². The maximum Gasteiger partial charge on any atom is 0.292 e. The average molecular weight is 388 g/mol. The van der Waals surface area contributed by atoms with Gasteiger partial charge in [0, 0.05) is 43.3 Å². The van der Waals surface area contributed by atoms with Gasteiger partial charge in [0.2, 0.25) is 0 Å². The van der Waals surface area contributed by atoms with Crippen molar-refractivity contribution in [3.63, 3.8) is 0 Å². The maximum atomic E-state index is 12.6. The summed E-state index contributed by atoms with van der Waals surface area (Å²) in [6, 6.07) is 11.5. The Morgan fingerprint density at radius 3 is 2.93 bits per heavy atom. The van der Waals surface area contributed by atoms with Crippen molar-refractivity contribution in [2.75, 3.05) is 18.0 Å². The number of fused-ring (bicyclic) bond motifs is 1. The van der Waals surface area contributed by atoms with Gasteiger partial charge in [-0.25, -0.2) is 4.98 Å². The number of carbonyl (C=O) groups excluding carboxylic acids is 1. The lowest BCUT2D eigenvalue weighted by molar-refractivity contribution is 0.0927. The van der Waals surface area contributed by atoms with Crippen LogP contribution in [0.1, 0.15) is 22.6 Å². The van der Waals surface area contributed by atoms with Gasteiger partial charge in [0.1, 0.15) is 0 Å². The second-order valence-electron chi connectivity index (χ2n) is 7.20. The predicted molar refractivity (Wildman–Crippen MR) is 108 cm³/mol. The van der Waals surface area contributed by atoms with Crippen molar-refractivity contribution in [1.29, 1.82) is 0 Å². The van der Waals surface area contributed by atoms with Crippen molar-refractivity contribution in [1.82, 2.24) is 24.8 Å². The van der Waals surface area contributed by atoms with Crippen LogP contribution in [-0.2, 0) is 0 Å². The Morgan fingerprint density at radius 2 is 2.07 bits per heavy atom. The van der Waals surface area contributed by atoms with E-state index in [0.717, 1.165) is 29.9 Å². The molecule has 1 fully saturated rings. The molecule has 0 radical (unpaired) electrons. The van der Waals surface area contributed by atoms with Gasteiger partial charge < -0.3 is 19.1 Å². The fourth-order valence-electron chi connectivity index (χ4n) is 3.77. The molecule has 4 aromatic rings. The summed E-state index contributed by atoms with van der Waals surface area (Å²) in [4.78, 5) is 23.6. The van der Waals surface area contributed by atoms with E-state index >= 15 is 0 Å². The zero-order valence-corrected chi connectivity index (χ0v) is 15.9. The number of aryl methyl sites for hydroxylation is 1. The maximum absolute atomic E-state index is 12.6. The molecule has 8 heteroatoms. The van der Waals surface area contributed by atoms with Gasteiger partial charge in [-0.1, -0.05) is 23.4 Å². The molecule has 8 nitrogen and oxygen atoms in total. The fourth-order valence-corrected chi connectivity index (χ4v) is 3.77. The van der Waals surface area contributed by atoms with E-state index in [1.165, 1.54) is 5.56 Å². The van der Waals surface area contributed by atoms with Crippen LogP contribution in [0.3, 0.4) is 0 Å². The van der Waals surface area contributed by atoms with Gasteiger partial charge in [-0.2, -0.15) is 4.98 Å². The topological polar surface area (TPSA) is 88.6 Å². The average Bonchev–Trinajstić information content (AvgIpc) is 3.49. The minimum Gasteiger partial charge on any atom is -0.353 e. The predicted octanol–water partition coefficient (Wildman–Crippen LogP) is 2.70. The Morgan fingerprint density at radius 1 is 1.21 bits per heavy atom. The number of benzene rings is 1. The minimum absolute atomic E-state index is 0.00139. The van der Waals surface area contributed by atoms with Gasteiger partial charge in [0.05, 0.1) is 5.52 Å². The van der Waals surface area contributed by atoms with Crippen LogP contribution in [0.5, 0.6) is 0 Å². The summed E-state index contributed by atoms with van der Waals surface area (Å²) in [6.07, 6.45) is 6.61. The number of hydrogen-bond acceptors (Lipinski definition) is 6. The van der Waals surface area contributed by atoms with E-state index in [2.05, 4.69) is 42.7 Å². The second-order valence-corrected chi connectivity index (χ2v) is 7.20. The smallest absolute Gasteiger partial charge is 0.292 e. The molecular formula is C21H20N6O2. The molecule has 1 aromatic carbocycles. The number of carbonyl (C=O) groups is 1. The van der Waals surface area contributed by atoms with Gasteiger partial charge in [0.15, 0.2) is 5.82 Å². The number of hydrogen-bond donors (Lipinski definition) is 1. The zero-order valence-electron chi connectivity index (χ0n) is 15.9. The van der Waals surface area contributed by atoms with Crippen LogP contribution in [-0.4, -0.2) is 44.6 Å². The van der Waals surface area contributed by atoms with E-state index in [4.69, 9.17) is 4.52 Å². The van der Waals surface area contributed by atoms with Crippen LogP contribution in [0.15, 0.2) is 59.5 Å². The standard InChI is InChI=1S/C21H20N6O2/c1-14-7-10-26-12-9-22-19(17(14)26)27-11-8-16(13-27)23-20(28)18-24-21(29-25-18)15-5-3-2-4-6-15/h2-7,9-10,12,16H,8,11,13H2,1H3,(H,23,28)/t16-/m0/s1. The third-order valence-electron chi connectivity index (χ3n) is 5.23. The number of nitrogens with one attached hydrogen (secondary N) is 1. The van der Waals surface area contributed by atoms with Crippen molar-refractivity contribution in [3.8, 4) is 11.5 Å². The normalized spacial score (nSPS) is 16.4. The van der Waals surface area contributed by atoms with E-state index in [1.807, 2.05) is 42.7 Å². The van der Waals surface area contributed by atoms with E-state index in [0.29, 0.717) is 12.4 Å². The summed E-state index contributed by atoms with van der Waals surface area (Å²) < 4.78 is 7.31. The number of nitrogens with zero attached hydrogens (tertiary/aromatic N) is 5. The highest BCUT2D eigenvalue weighted by Gasteiger charge is 2.28. The summed E-state index contributed by atoms with van der Waals surface area (Å²) in [5.41, 5.74) is 3.07. The first kappa shape index (κ1) is 17.4. The molecule has 0 aliphatic carbocycles. The molecule has 1 atom stereocenters. The highest BCUT2D eigenvalue weighted by atomic mass is 16.5. The molecule has 1 aliphatic rings. The lowest BCUT2D eigenvalue weighted by Gasteiger charge is -2.19. The molecule has 0 saturated carbocycles. The van der Waals surface area contributed by atoms with Crippen molar-refractivity contribution in [2.24, 2.45) is 0 Å². The number of anilines is 1. The minimum atomic E-state index is -0.326. The van der Waals surface area contributed by atoms with Crippen molar-refractivity contribution in [3.05, 3.63) is 66.4 Å². The van der Waals surface area contributed by atoms with Crippen LogP contribution in [0.4, 0.5) is 5.82 Å². The SMILES string of the molecule is Cc1ccn2ccnc(N3CC[C@H](NC(=O)c4noc(-c5ccccc5)n4)C3)c12. The van der Waals surface area contributed by atoms with E-state index in [-0.39, 0.29) is 17.8 Å². The Labute approximate surface area is 167 Å². The molecular weight excluding hydrogens is 368 g/mol. The van der Waals surface area contributed by atoms with Crippen LogP contribution in [0, 0.1) is 6.92 Å². The number of aromatic nitrogens is 4. The second kappa shape index (κ2) is 7.05. The third kappa shape index (κ3) is 3.22. The summed E-state index contributed by atoms with van der Waals surface area (Å²) in [5, 5.41) is 6.85. The largest absolute Gasteiger partial charge is 0.353 e. The van der Waals surface area contributed by atoms with Crippen molar-refractivity contribution in [2.45, 2.75) is 19.4 Å². The number of amides is 1. The molecule has 0 bridgehead atoms. The third-order valence-corrected chi connectivity index (χ3v) is 5.23. The van der Waals surface area contributed by atoms with Crippen LogP contribution in [0.2, 0.25) is 0 Å². The van der Waals surface area contributed by atoms with Crippen LogP contribution in [0.25, 0.3) is 17.0 Å². The Bertz CT molecular complexity index is 1170. The van der Waals surface area contributed by atoms with Gasteiger partial charge in [-0.3, -0.25) is 4.79 Å². The Balaban J connectivity index is 1.28. The van der Waals surface area contributed by atoms with Crippen molar-refractivity contribution >= 4 is 17.2 Å². The van der Waals surface area contributed by atoms with E-state index < -0.39 is 0 Å². The lowest BCUT2D eigenvalue weighted by Crippen LogP contribution is -2.37. The highest BCUT2D eigenvalue weighted by Crippen LogP contribution is 2.26. The first-order valence-electron chi connectivity index (χ1n) is 9.56. The van der Waals surface area contributed by atoms with Crippen LogP contribution >= 0.6 is 0 Å². The monoisotopic (exact) mass is 388 g/mol. The quantitative estimate of drug-likeness (QED) is 0.578. The first-order valence-corrected chi connectivity index (χ1v) is 9.56. The first-order chi connectivity index (χ1) is 14.2. The Hall–Kier alpha value is -3.68. The molecule has 0 spiro atoms. The molecule has 5 rings (SSSR count). The van der Waals surface area contributed by atoms with Gasteiger partial charge in [-0.15, -0.1) is 0 Å². The summed E-state index contributed by atoms with van der Waals surface area (Å²) >= 11 is 0. The van der Waals surface area contributed by atoms with Gasteiger partial charge in [0.25, 0.3) is 17.6 Å². The van der Waals surface area contributed by atoms with Crippen LogP contribution < -0.4 is 10.2 Å². The summed E-state index contributed by atoms with van der Waals surface area (Å²) in [5.74, 6) is 0.999. The fraction of sp³-hybridized carbons (Fsp3) is 0.238. The van der Waals surface area contributed by atoms with Gasteiger partial charge >= 0.3 is 0 Å². The zero-order chi connectivity index (χ0) is 19.8. The lowest BCUT2D eigenvalue weighted by atomic mass is 10.2. The van der Waals surface area contributed by atoms with E-state index in [9.17, 15) is 4.79 Å². The molecule has 29 heavy (non-hydrogen) atoms. The molecule has 1 N–H and O–H groups in total. The molecule has 146 valence electrons. The Kier molecular flexibility index (Phi) is 4.23.